The van der Waals surface area contributed by atoms with E-state index in [0.717, 1.165) is 31.4 Å². The Hall–Kier alpha value is -1.55. The summed E-state index contributed by atoms with van der Waals surface area (Å²) < 4.78 is 0. The lowest BCUT2D eigenvalue weighted by molar-refractivity contribution is 0.100. The van der Waals surface area contributed by atoms with Crippen molar-refractivity contribution in [1.29, 1.82) is 0 Å². The maximum atomic E-state index is 11.1. The molecule has 0 aromatic heterocycles. The van der Waals surface area contributed by atoms with Crippen molar-refractivity contribution in [2.24, 2.45) is 5.73 Å². The van der Waals surface area contributed by atoms with Gasteiger partial charge in [-0.1, -0.05) is 18.9 Å². The minimum atomic E-state index is -0.433. The van der Waals surface area contributed by atoms with Gasteiger partial charge in [-0.15, -0.1) is 0 Å². The number of rotatable bonds is 3. The minimum absolute atomic E-state index is 0.0758. The van der Waals surface area contributed by atoms with Gasteiger partial charge < -0.3 is 16.2 Å². The van der Waals surface area contributed by atoms with Crippen LogP contribution < -0.4 is 11.1 Å². The highest BCUT2D eigenvalue weighted by Gasteiger charge is 2.22. The van der Waals surface area contributed by atoms with E-state index in [-0.39, 0.29) is 12.1 Å². The molecule has 4 heteroatoms. The number of hydrogen-bond acceptors (Lipinski definition) is 3. The molecule has 0 radical (unpaired) electrons. The Morgan fingerprint density at radius 1 is 1.35 bits per heavy atom. The highest BCUT2D eigenvalue weighted by Crippen LogP contribution is 2.22. The summed E-state index contributed by atoms with van der Waals surface area (Å²) in [5.41, 5.74) is 6.55. The minimum Gasteiger partial charge on any atom is -0.391 e. The van der Waals surface area contributed by atoms with Crippen LogP contribution in [0.2, 0.25) is 0 Å². The van der Waals surface area contributed by atoms with Gasteiger partial charge in [0.05, 0.1) is 12.1 Å². The van der Waals surface area contributed by atoms with Gasteiger partial charge in [-0.05, 0) is 31.0 Å². The Morgan fingerprint density at radius 3 is 2.82 bits per heavy atom. The van der Waals surface area contributed by atoms with Gasteiger partial charge in [-0.25, -0.2) is 0 Å². The molecule has 4 nitrogen and oxygen atoms in total. The molecule has 2 rings (SSSR count). The van der Waals surface area contributed by atoms with Crippen molar-refractivity contribution >= 4 is 11.6 Å². The number of amides is 1. The maximum absolute atomic E-state index is 11.1. The van der Waals surface area contributed by atoms with Gasteiger partial charge in [0.1, 0.15) is 0 Å². The predicted octanol–water partition coefficient (Wildman–Crippen LogP) is 1.50. The maximum Gasteiger partial charge on any atom is 0.248 e. The number of anilines is 1. The van der Waals surface area contributed by atoms with Crippen LogP contribution in [0.4, 0.5) is 5.69 Å². The molecular formula is C13H18N2O2. The zero-order valence-corrected chi connectivity index (χ0v) is 9.73. The number of nitrogens with one attached hydrogen (secondary N) is 1. The zero-order chi connectivity index (χ0) is 12.3. The van der Waals surface area contributed by atoms with Gasteiger partial charge >= 0.3 is 0 Å². The average Bonchev–Trinajstić information content (AvgIpc) is 2.32. The molecule has 0 aliphatic heterocycles. The van der Waals surface area contributed by atoms with E-state index < -0.39 is 5.91 Å². The second-order valence-corrected chi connectivity index (χ2v) is 4.55. The third-order valence-electron chi connectivity index (χ3n) is 3.23. The highest BCUT2D eigenvalue weighted by atomic mass is 16.3. The van der Waals surface area contributed by atoms with Crippen molar-refractivity contribution in [2.45, 2.75) is 37.8 Å². The molecule has 1 amide bonds. The van der Waals surface area contributed by atoms with Gasteiger partial charge in [-0.2, -0.15) is 0 Å². The quantitative estimate of drug-likeness (QED) is 0.742. The first-order chi connectivity index (χ1) is 8.16. The van der Waals surface area contributed by atoms with Crippen LogP contribution in [0.25, 0.3) is 0 Å². The van der Waals surface area contributed by atoms with Crippen LogP contribution in [0.15, 0.2) is 24.3 Å². The molecule has 0 saturated heterocycles. The largest absolute Gasteiger partial charge is 0.391 e. The van der Waals surface area contributed by atoms with Gasteiger partial charge in [0.25, 0.3) is 0 Å². The number of nitrogens with two attached hydrogens (primary N) is 1. The summed E-state index contributed by atoms with van der Waals surface area (Å²) in [6, 6.07) is 7.16. The molecule has 2 unspecified atom stereocenters. The SMILES string of the molecule is NC(=O)c1cccc(NC2CCCCC2O)c1. The molecule has 1 saturated carbocycles. The smallest absolute Gasteiger partial charge is 0.248 e. The summed E-state index contributed by atoms with van der Waals surface area (Å²) in [5, 5.41) is 13.1. The van der Waals surface area contributed by atoms with Crippen LogP contribution in [0, 0.1) is 0 Å². The van der Waals surface area contributed by atoms with E-state index in [1.54, 1.807) is 18.2 Å². The van der Waals surface area contributed by atoms with E-state index in [0.29, 0.717) is 5.56 Å². The summed E-state index contributed by atoms with van der Waals surface area (Å²) in [5.74, 6) is -0.433. The summed E-state index contributed by atoms with van der Waals surface area (Å²) in [6.07, 6.45) is 3.71. The average molecular weight is 234 g/mol. The molecule has 4 N–H and O–H groups in total. The lowest BCUT2D eigenvalue weighted by Gasteiger charge is -2.29. The van der Waals surface area contributed by atoms with E-state index in [2.05, 4.69) is 5.32 Å². The second-order valence-electron chi connectivity index (χ2n) is 4.55. The second kappa shape index (κ2) is 5.19. The molecule has 1 aromatic carbocycles. The molecule has 0 spiro atoms. The molecule has 92 valence electrons. The first-order valence-electron chi connectivity index (χ1n) is 6.01. The van der Waals surface area contributed by atoms with Crippen molar-refractivity contribution in [3.63, 3.8) is 0 Å². The van der Waals surface area contributed by atoms with Crippen molar-refractivity contribution in [3.8, 4) is 0 Å². The Morgan fingerprint density at radius 2 is 2.12 bits per heavy atom. The van der Waals surface area contributed by atoms with E-state index in [1.807, 2.05) is 6.07 Å². The normalized spacial score (nSPS) is 24.3. The summed E-state index contributed by atoms with van der Waals surface area (Å²) in [6.45, 7) is 0. The van der Waals surface area contributed by atoms with E-state index >= 15 is 0 Å². The van der Waals surface area contributed by atoms with Crippen LogP contribution in [0.3, 0.4) is 0 Å². The molecule has 0 heterocycles. The van der Waals surface area contributed by atoms with Gasteiger partial charge in [0, 0.05) is 11.3 Å². The fourth-order valence-electron chi connectivity index (χ4n) is 2.26. The van der Waals surface area contributed by atoms with Crippen LogP contribution in [-0.2, 0) is 0 Å². The van der Waals surface area contributed by atoms with Crippen molar-refractivity contribution in [3.05, 3.63) is 29.8 Å². The van der Waals surface area contributed by atoms with Crippen molar-refractivity contribution in [1.82, 2.24) is 0 Å². The Balaban J connectivity index is 2.07. The fourth-order valence-corrected chi connectivity index (χ4v) is 2.26. The molecule has 1 aromatic rings. The topological polar surface area (TPSA) is 75.4 Å². The molecular weight excluding hydrogens is 216 g/mol. The predicted molar refractivity (Wildman–Crippen MR) is 66.8 cm³/mol. The molecule has 17 heavy (non-hydrogen) atoms. The number of aliphatic hydroxyl groups excluding tert-OH is 1. The monoisotopic (exact) mass is 234 g/mol. The summed E-state index contributed by atoms with van der Waals surface area (Å²) in [4.78, 5) is 11.1. The van der Waals surface area contributed by atoms with Crippen LogP contribution >= 0.6 is 0 Å². The van der Waals surface area contributed by atoms with Gasteiger partial charge in [0.2, 0.25) is 5.91 Å². The Bertz CT molecular complexity index is 406. The third kappa shape index (κ3) is 2.97. The summed E-state index contributed by atoms with van der Waals surface area (Å²) >= 11 is 0. The first-order valence-corrected chi connectivity index (χ1v) is 6.01. The highest BCUT2D eigenvalue weighted by molar-refractivity contribution is 5.93. The lowest BCUT2D eigenvalue weighted by atomic mass is 9.92. The van der Waals surface area contributed by atoms with Crippen LogP contribution in [0.5, 0.6) is 0 Å². The third-order valence-corrected chi connectivity index (χ3v) is 3.23. The number of carbonyl (C=O) groups excluding carboxylic acids is 1. The molecule has 1 aliphatic rings. The van der Waals surface area contributed by atoms with Crippen molar-refractivity contribution in [2.75, 3.05) is 5.32 Å². The molecule has 1 fully saturated rings. The Kier molecular flexibility index (Phi) is 3.64. The molecule has 1 aliphatic carbocycles. The van der Waals surface area contributed by atoms with Crippen LogP contribution in [-0.4, -0.2) is 23.2 Å². The number of carbonyl (C=O) groups is 1. The van der Waals surface area contributed by atoms with Gasteiger partial charge in [0.15, 0.2) is 0 Å². The molecule has 2 atom stereocenters. The van der Waals surface area contributed by atoms with E-state index in [1.165, 1.54) is 0 Å². The standard InChI is InChI=1S/C13H18N2O2/c14-13(17)9-4-3-5-10(8-9)15-11-6-1-2-7-12(11)16/h3-5,8,11-12,15-16H,1-2,6-7H2,(H2,14,17). The Labute approximate surface area is 101 Å². The zero-order valence-electron chi connectivity index (χ0n) is 9.73. The number of aliphatic hydroxyl groups is 1. The number of benzene rings is 1. The number of primary amides is 1. The van der Waals surface area contributed by atoms with Gasteiger partial charge in [-0.3, -0.25) is 4.79 Å². The first kappa shape index (κ1) is 11.9. The van der Waals surface area contributed by atoms with E-state index in [9.17, 15) is 9.90 Å². The van der Waals surface area contributed by atoms with E-state index in [4.69, 9.17) is 5.73 Å². The van der Waals surface area contributed by atoms with Crippen molar-refractivity contribution < 1.29 is 9.90 Å². The molecule has 0 bridgehead atoms. The summed E-state index contributed by atoms with van der Waals surface area (Å²) in [7, 11) is 0. The lowest BCUT2D eigenvalue weighted by Crippen LogP contribution is -2.36. The number of hydrogen-bond donors (Lipinski definition) is 3. The fraction of sp³-hybridized carbons (Fsp3) is 0.462. The van der Waals surface area contributed by atoms with Crippen LogP contribution in [0.1, 0.15) is 36.0 Å².